The summed E-state index contributed by atoms with van der Waals surface area (Å²) >= 11 is 0. The number of ether oxygens (including phenoxy) is 1. The van der Waals surface area contributed by atoms with E-state index >= 15 is 0 Å². The van der Waals surface area contributed by atoms with Crippen LogP contribution in [-0.2, 0) is 9.53 Å². The van der Waals surface area contributed by atoms with E-state index in [2.05, 4.69) is 84.2 Å². The van der Waals surface area contributed by atoms with E-state index in [1.807, 2.05) is 0 Å². The van der Waals surface area contributed by atoms with Crippen molar-refractivity contribution in [3.63, 3.8) is 0 Å². The number of aliphatic hydroxyl groups is 2. The van der Waals surface area contributed by atoms with Crippen LogP contribution in [0.1, 0.15) is 168 Å². The van der Waals surface area contributed by atoms with E-state index in [9.17, 15) is 15.0 Å². The Kier molecular flexibility index (Phi) is 35.5. The first-order valence-electron chi connectivity index (χ1n) is 22.7. The van der Waals surface area contributed by atoms with Gasteiger partial charge in [-0.25, -0.2) is 0 Å². The highest BCUT2D eigenvalue weighted by Gasteiger charge is 2.17. The van der Waals surface area contributed by atoms with Crippen LogP contribution in [0.25, 0.3) is 0 Å². The van der Waals surface area contributed by atoms with Crippen molar-refractivity contribution in [1.82, 2.24) is 14.7 Å². The van der Waals surface area contributed by atoms with Gasteiger partial charge in [0.25, 0.3) is 0 Å². The first-order valence-corrected chi connectivity index (χ1v) is 22.7. The highest BCUT2D eigenvalue weighted by molar-refractivity contribution is 5.69. The van der Waals surface area contributed by atoms with E-state index in [0.29, 0.717) is 39.1 Å². The number of unbranched alkanes of at least 4 members (excludes halogenated alkanes) is 14. The number of rotatable bonds is 37. The van der Waals surface area contributed by atoms with E-state index in [1.165, 1.54) is 77.0 Å². The predicted molar refractivity (Wildman–Crippen MR) is 232 cm³/mol. The third-order valence-electron chi connectivity index (χ3n) is 10.5. The molecule has 0 saturated carbocycles. The van der Waals surface area contributed by atoms with Gasteiger partial charge >= 0.3 is 5.97 Å². The zero-order valence-corrected chi connectivity index (χ0v) is 35.7. The van der Waals surface area contributed by atoms with E-state index in [1.54, 1.807) is 0 Å². The maximum Gasteiger partial charge on any atom is 0.305 e. The van der Waals surface area contributed by atoms with Crippen LogP contribution in [0.3, 0.4) is 0 Å². The zero-order chi connectivity index (χ0) is 39.2. The van der Waals surface area contributed by atoms with Crippen molar-refractivity contribution < 1.29 is 19.7 Å². The van der Waals surface area contributed by atoms with Crippen LogP contribution in [0.4, 0.5) is 0 Å². The second kappa shape index (κ2) is 38.1. The molecule has 1 fully saturated rings. The number of allylic oxidation sites excluding steroid dienone is 8. The van der Waals surface area contributed by atoms with Gasteiger partial charge in [-0.05, 0) is 97.1 Å². The third kappa shape index (κ3) is 33.6. The number of carbonyl (C=O) groups is 1. The molecule has 2 N–H and O–H groups in total. The molecule has 0 bridgehead atoms. The Labute approximate surface area is 334 Å². The number of aliphatic hydroxyl groups excluding tert-OH is 2. The predicted octanol–water partition coefficient (Wildman–Crippen LogP) is 10.4. The van der Waals surface area contributed by atoms with Gasteiger partial charge in [0.05, 0.1) is 12.2 Å². The standard InChI is InChI=1S/C47H87N3O4/c1-4-6-8-10-12-14-16-18-20-22-24-26-28-30-33-45(51)43-50(36-32-35-47(53)54-42-41-49-39-37-48(3)38-40-49)44-46(52)34-31-29-27-25-23-21-19-17-15-13-11-9-7-5-2/h12-15,18-21,45-46,51-52H,4-11,16-17,22-44H2,1-3H3/b14-12-,15-13-,20-18-,21-19-. The summed E-state index contributed by atoms with van der Waals surface area (Å²) in [4.78, 5) is 19.4. The van der Waals surface area contributed by atoms with Crippen LogP contribution in [0, 0.1) is 0 Å². The monoisotopic (exact) mass is 758 g/mol. The molecule has 1 aliphatic heterocycles. The zero-order valence-electron chi connectivity index (χ0n) is 35.7. The smallest absolute Gasteiger partial charge is 0.305 e. The summed E-state index contributed by atoms with van der Waals surface area (Å²) in [5.41, 5.74) is 0. The Morgan fingerprint density at radius 1 is 0.611 bits per heavy atom. The Balaban J connectivity index is 2.33. The topological polar surface area (TPSA) is 76.5 Å². The van der Waals surface area contributed by atoms with Crippen LogP contribution in [0.2, 0.25) is 0 Å². The lowest BCUT2D eigenvalue weighted by Gasteiger charge is -2.32. The van der Waals surface area contributed by atoms with Crippen molar-refractivity contribution in [1.29, 1.82) is 0 Å². The summed E-state index contributed by atoms with van der Waals surface area (Å²) in [6, 6.07) is 0. The maximum atomic E-state index is 12.5. The average Bonchev–Trinajstić information content (AvgIpc) is 3.15. The molecular formula is C47H87N3O4. The number of esters is 1. The lowest BCUT2D eigenvalue weighted by molar-refractivity contribution is -0.144. The molecule has 0 radical (unpaired) electrons. The molecule has 0 aliphatic carbocycles. The molecule has 2 unspecified atom stereocenters. The molecule has 7 heteroatoms. The molecule has 1 rings (SSSR count). The van der Waals surface area contributed by atoms with Gasteiger partial charge in [-0.1, -0.05) is 127 Å². The van der Waals surface area contributed by atoms with E-state index in [-0.39, 0.29) is 5.97 Å². The van der Waals surface area contributed by atoms with Crippen LogP contribution in [-0.4, -0.2) is 109 Å². The summed E-state index contributed by atoms with van der Waals surface area (Å²) in [5.74, 6) is -0.146. The number of hydrogen-bond donors (Lipinski definition) is 2. The molecule has 54 heavy (non-hydrogen) atoms. The summed E-state index contributed by atoms with van der Waals surface area (Å²) < 4.78 is 5.56. The Morgan fingerprint density at radius 3 is 1.52 bits per heavy atom. The van der Waals surface area contributed by atoms with Gasteiger partial charge in [0.2, 0.25) is 0 Å². The quantitative estimate of drug-likeness (QED) is 0.0371. The third-order valence-corrected chi connectivity index (χ3v) is 10.5. The lowest BCUT2D eigenvalue weighted by Crippen LogP contribution is -2.45. The average molecular weight is 758 g/mol. The molecule has 7 nitrogen and oxygen atoms in total. The van der Waals surface area contributed by atoms with Gasteiger partial charge in [-0.2, -0.15) is 0 Å². The molecule has 2 atom stereocenters. The van der Waals surface area contributed by atoms with E-state index < -0.39 is 12.2 Å². The molecule has 1 heterocycles. The van der Waals surface area contributed by atoms with E-state index in [0.717, 1.165) is 96.9 Å². The molecule has 314 valence electrons. The van der Waals surface area contributed by atoms with Gasteiger partial charge in [-0.3, -0.25) is 14.6 Å². The number of likely N-dealkylation sites (N-methyl/N-ethyl adjacent to an activating group) is 1. The van der Waals surface area contributed by atoms with Gasteiger partial charge < -0.3 is 19.8 Å². The summed E-state index contributed by atoms with van der Waals surface area (Å²) in [5, 5.41) is 21.9. The minimum absolute atomic E-state index is 0.146. The highest BCUT2D eigenvalue weighted by Crippen LogP contribution is 2.13. The van der Waals surface area contributed by atoms with Crippen LogP contribution < -0.4 is 0 Å². The van der Waals surface area contributed by atoms with Gasteiger partial charge in [0.15, 0.2) is 0 Å². The van der Waals surface area contributed by atoms with Crippen LogP contribution in [0.15, 0.2) is 48.6 Å². The summed E-state index contributed by atoms with van der Waals surface area (Å²) in [6.45, 7) is 11.7. The van der Waals surface area contributed by atoms with Crippen LogP contribution in [0.5, 0.6) is 0 Å². The van der Waals surface area contributed by atoms with E-state index in [4.69, 9.17) is 4.74 Å². The van der Waals surface area contributed by atoms with Crippen molar-refractivity contribution >= 4 is 5.97 Å². The molecule has 0 aromatic rings. The fourth-order valence-corrected chi connectivity index (χ4v) is 6.94. The van der Waals surface area contributed by atoms with Crippen LogP contribution >= 0.6 is 0 Å². The molecule has 0 amide bonds. The van der Waals surface area contributed by atoms with Crippen molar-refractivity contribution in [2.75, 3.05) is 66.0 Å². The first-order chi connectivity index (χ1) is 26.4. The second-order valence-electron chi connectivity index (χ2n) is 15.9. The Morgan fingerprint density at radius 2 is 1.06 bits per heavy atom. The van der Waals surface area contributed by atoms with Gasteiger partial charge in [0.1, 0.15) is 6.61 Å². The number of hydrogen-bond acceptors (Lipinski definition) is 7. The Bertz CT molecular complexity index is 891. The first kappa shape index (κ1) is 50.2. The van der Waals surface area contributed by atoms with Crippen molar-refractivity contribution in [3.8, 4) is 0 Å². The lowest BCUT2D eigenvalue weighted by atomic mass is 10.1. The minimum Gasteiger partial charge on any atom is -0.464 e. The number of piperazine rings is 1. The molecule has 1 aliphatic rings. The number of nitrogens with zero attached hydrogens (tertiary/aromatic N) is 3. The van der Waals surface area contributed by atoms with Gasteiger partial charge in [-0.15, -0.1) is 0 Å². The SMILES string of the molecule is CCCCC/C=C\C/C=C\CCCCCCC(O)CN(CCCC(=O)OCCN1CCN(C)CC1)CC(O)CCCCCC/C=C\C/C=C\CCCCC. The normalized spacial score (nSPS) is 15.9. The second-order valence-corrected chi connectivity index (χ2v) is 15.9. The fourth-order valence-electron chi connectivity index (χ4n) is 6.94. The molecule has 0 aromatic carbocycles. The molecular weight excluding hydrogens is 671 g/mol. The minimum atomic E-state index is -0.415. The Hall–Kier alpha value is -1.77. The van der Waals surface area contributed by atoms with Crippen molar-refractivity contribution in [2.24, 2.45) is 0 Å². The number of carbonyl (C=O) groups excluding carboxylic acids is 1. The molecule has 0 aromatic heterocycles. The molecule has 0 spiro atoms. The molecule has 1 saturated heterocycles. The van der Waals surface area contributed by atoms with Crippen molar-refractivity contribution in [3.05, 3.63) is 48.6 Å². The highest BCUT2D eigenvalue weighted by atomic mass is 16.5. The summed E-state index contributed by atoms with van der Waals surface area (Å²) in [6.07, 6.45) is 43.8. The largest absolute Gasteiger partial charge is 0.464 e. The maximum absolute atomic E-state index is 12.5. The van der Waals surface area contributed by atoms with Crippen molar-refractivity contribution in [2.45, 2.75) is 180 Å². The fraction of sp³-hybridized carbons (Fsp3) is 0.809. The summed E-state index contributed by atoms with van der Waals surface area (Å²) in [7, 11) is 2.15. The van der Waals surface area contributed by atoms with Gasteiger partial charge in [0, 0.05) is 52.2 Å².